The fourth-order valence-corrected chi connectivity index (χ4v) is 1.73. The van der Waals surface area contributed by atoms with Crippen LogP contribution in [0.2, 0.25) is 0 Å². The number of hydrogen-bond donors (Lipinski definition) is 1. The van der Waals surface area contributed by atoms with Crippen molar-refractivity contribution in [1.29, 1.82) is 5.26 Å². The van der Waals surface area contributed by atoms with Crippen LogP contribution in [0.25, 0.3) is 0 Å². The Morgan fingerprint density at radius 1 is 1.29 bits per heavy atom. The first-order chi connectivity index (χ1) is 8.15. The summed E-state index contributed by atoms with van der Waals surface area (Å²) in [6.45, 7) is 0.521. The number of anilines is 1. The molecule has 1 aromatic rings. The lowest BCUT2D eigenvalue weighted by molar-refractivity contribution is 0.0693. The van der Waals surface area contributed by atoms with Crippen LogP contribution in [-0.4, -0.2) is 30.3 Å². The van der Waals surface area contributed by atoms with E-state index in [4.69, 9.17) is 5.26 Å². The molecule has 5 nitrogen and oxygen atoms in total. The van der Waals surface area contributed by atoms with Crippen LogP contribution in [0.15, 0.2) is 18.2 Å². The molecule has 2 rings (SSSR count). The van der Waals surface area contributed by atoms with E-state index in [0.29, 0.717) is 24.1 Å². The van der Waals surface area contributed by atoms with Crippen molar-refractivity contribution in [2.24, 2.45) is 0 Å². The number of rotatable bonds is 3. The Bertz CT molecular complexity index is 531. The maximum Gasteiger partial charge on any atom is 0.261 e. The smallest absolute Gasteiger partial charge is 0.261 e. The van der Waals surface area contributed by atoms with Gasteiger partial charge < -0.3 is 5.32 Å². The van der Waals surface area contributed by atoms with Gasteiger partial charge in [-0.15, -0.1) is 0 Å². The van der Waals surface area contributed by atoms with Gasteiger partial charge in [0.05, 0.1) is 23.6 Å². The molecule has 0 fully saturated rings. The highest BCUT2D eigenvalue weighted by Crippen LogP contribution is 2.24. The highest BCUT2D eigenvalue weighted by Gasteiger charge is 2.32. The third-order valence-electron chi connectivity index (χ3n) is 2.66. The standard InChI is InChI=1S/C12H11N3O2/c1-15-11(16)9-4-3-8(14-6-2-5-13)7-10(9)12(15)17/h3-4,7,14H,2,6H2,1H3. The minimum Gasteiger partial charge on any atom is -0.384 e. The Morgan fingerprint density at radius 2 is 2.00 bits per heavy atom. The van der Waals surface area contributed by atoms with Gasteiger partial charge in [0.15, 0.2) is 0 Å². The number of fused-ring (bicyclic) bond motifs is 1. The van der Waals surface area contributed by atoms with Crippen LogP contribution in [-0.2, 0) is 0 Å². The van der Waals surface area contributed by atoms with Crippen molar-refractivity contribution in [2.75, 3.05) is 18.9 Å². The number of nitrogens with zero attached hydrogens (tertiary/aromatic N) is 2. The Balaban J connectivity index is 2.25. The monoisotopic (exact) mass is 229 g/mol. The third kappa shape index (κ3) is 1.85. The van der Waals surface area contributed by atoms with E-state index in [1.54, 1.807) is 18.2 Å². The molecule has 1 aliphatic heterocycles. The molecule has 1 N–H and O–H groups in total. The van der Waals surface area contributed by atoms with Gasteiger partial charge in [-0.05, 0) is 18.2 Å². The average Bonchev–Trinajstić information content (AvgIpc) is 2.55. The Morgan fingerprint density at radius 3 is 2.71 bits per heavy atom. The van der Waals surface area contributed by atoms with Crippen molar-refractivity contribution in [2.45, 2.75) is 6.42 Å². The molecule has 86 valence electrons. The number of carbonyl (C=O) groups excluding carboxylic acids is 2. The van der Waals surface area contributed by atoms with E-state index in [0.717, 1.165) is 10.6 Å². The van der Waals surface area contributed by atoms with E-state index >= 15 is 0 Å². The number of nitriles is 1. The van der Waals surface area contributed by atoms with Crippen LogP contribution in [0.1, 0.15) is 27.1 Å². The second kappa shape index (κ2) is 4.26. The molecule has 0 bridgehead atoms. The summed E-state index contributed by atoms with van der Waals surface area (Å²) in [7, 11) is 1.47. The highest BCUT2D eigenvalue weighted by atomic mass is 16.2. The topological polar surface area (TPSA) is 73.2 Å². The highest BCUT2D eigenvalue weighted by molar-refractivity contribution is 6.21. The van der Waals surface area contributed by atoms with Gasteiger partial charge in [0.25, 0.3) is 11.8 Å². The molecule has 0 unspecified atom stereocenters. The van der Waals surface area contributed by atoms with Gasteiger partial charge >= 0.3 is 0 Å². The summed E-state index contributed by atoms with van der Waals surface area (Å²) in [4.78, 5) is 24.4. The molecular weight excluding hydrogens is 218 g/mol. The molecule has 0 aromatic heterocycles. The summed E-state index contributed by atoms with van der Waals surface area (Å²) < 4.78 is 0. The summed E-state index contributed by atoms with van der Waals surface area (Å²) in [5, 5.41) is 11.4. The SMILES string of the molecule is CN1C(=O)c2ccc(NCCC#N)cc2C1=O. The molecule has 0 saturated carbocycles. The summed E-state index contributed by atoms with van der Waals surface area (Å²) in [6.07, 6.45) is 0.393. The molecular formula is C12H11N3O2. The van der Waals surface area contributed by atoms with E-state index in [9.17, 15) is 9.59 Å². The zero-order valence-electron chi connectivity index (χ0n) is 9.36. The number of hydrogen-bond acceptors (Lipinski definition) is 4. The van der Waals surface area contributed by atoms with Gasteiger partial charge in [-0.3, -0.25) is 14.5 Å². The zero-order chi connectivity index (χ0) is 12.4. The van der Waals surface area contributed by atoms with Crippen molar-refractivity contribution in [3.8, 4) is 6.07 Å². The predicted octanol–water partition coefficient (Wildman–Crippen LogP) is 1.24. The first-order valence-electron chi connectivity index (χ1n) is 5.22. The van der Waals surface area contributed by atoms with E-state index in [2.05, 4.69) is 5.32 Å². The number of carbonyl (C=O) groups is 2. The van der Waals surface area contributed by atoms with Gasteiger partial charge in [-0.1, -0.05) is 0 Å². The van der Waals surface area contributed by atoms with E-state index < -0.39 is 0 Å². The molecule has 0 aliphatic carbocycles. The Kier molecular flexibility index (Phi) is 2.79. The molecule has 5 heteroatoms. The maximum atomic E-state index is 11.7. The molecule has 17 heavy (non-hydrogen) atoms. The van der Waals surface area contributed by atoms with Crippen LogP contribution in [0.4, 0.5) is 5.69 Å². The molecule has 1 aliphatic rings. The number of imide groups is 1. The van der Waals surface area contributed by atoms with Crippen LogP contribution >= 0.6 is 0 Å². The lowest BCUT2D eigenvalue weighted by atomic mass is 10.1. The van der Waals surface area contributed by atoms with Gasteiger partial charge in [0.2, 0.25) is 0 Å². The molecule has 1 heterocycles. The third-order valence-corrected chi connectivity index (χ3v) is 2.66. The number of benzene rings is 1. The minimum absolute atomic E-state index is 0.270. The molecule has 2 amide bonds. The quantitative estimate of drug-likeness (QED) is 0.625. The molecule has 0 radical (unpaired) electrons. The number of nitrogens with one attached hydrogen (secondary N) is 1. The number of amides is 2. The van der Waals surface area contributed by atoms with Gasteiger partial charge in [-0.25, -0.2) is 0 Å². The van der Waals surface area contributed by atoms with Crippen molar-refractivity contribution >= 4 is 17.5 Å². The van der Waals surface area contributed by atoms with E-state index in [1.807, 2.05) is 6.07 Å². The summed E-state index contributed by atoms with van der Waals surface area (Å²) in [6, 6.07) is 7.04. The average molecular weight is 229 g/mol. The lowest BCUT2D eigenvalue weighted by Gasteiger charge is -2.04. The Hall–Kier alpha value is -2.35. The second-order valence-corrected chi connectivity index (χ2v) is 3.76. The van der Waals surface area contributed by atoms with Crippen molar-refractivity contribution in [3.05, 3.63) is 29.3 Å². The molecule has 0 saturated heterocycles. The summed E-state index contributed by atoms with van der Waals surface area (Å²) in [5.41, 5.74) is 1.60. The first-order valence-corrected chi connectivity index (χ1v) is 5.22. The fraction of sp³-hybridized carbons (Fsp3) is 0.250. The molecule has 0 atom stereocenters. The van der Waals surface area contributed by atoms with Crippen molar-refractivity contribution < 1.29 is 9.59 Å². The summed E-state index contributed by atoms with van der Waals surface area (Å²) >= 11 is 0. The predicted molar refractivity (Wildman–Crippen MR) is 61.6 cm³/mol. The van der Waals surface area contributed by atoms with Crippen LogP contribution in [0.3, 0.4) is 0 Å². The van der Waals surface area contributed by atoms with E-state index in [-0.39, 0.29) is 11.8 Å². The zero-order valence-corrected chi connectivity index (χ0v) is 9.36. The van der Waals surface area contributed by atoms with Crippen LogP contribution in [0, 0.1) is 11.3 Å². The van der Waals surface area contributed by atoms with Gasteiger partial charge in [0, 0.05) is 19.3 Å². The van der Waals surface area contributed by atoms with Crippen molar-refractivity contribution in [1.82, 2.24) is 4.90 Å². The molecule has 1 aromatic carbocycles. The molecule has 0 spiro atoms. The van der Waals surface area contributed by atoms with Crippen LogP contribution < -0.4 is 5.32 Å². The van der Waals surface area contributed by atoms with E-state index in [1.165, 1.54) is 7.05 Å². The lowest BCUT2D eigenvalue weighted by Crippen LogP contribution is -2.24. The summed E-state index contributed by atoms with van der Waals surface area (Å²) in [5.74, 6) is -0.553. The van der Waals surface area contributed by atoms with Crippen molar-refractivity contribution in [3.63, 3.8) is 0 Å². The largest absolute Gasteiger partial charge is 0.384 e. The Labute approximate surface area is 98.6 Å². The fourth-order valence-electron chi connectivity index (χ4n) is 1.73. The maximum absolute atomic E-state index is 11.7. The van der Waals surface area contributed by atoms with Crippen LogP contribution in [0.5, 0.6) is 0 Å². The first kappa shape index (κ1) is 11.1. The van der Waals surface area contributed by atoms with Gasteiger partial charge in [0.1, 0.15) is 0 Å². The van der Waals surface area contributed by atoms with Gasteiger partial charge in [-0.2, -0.15) is 5.26 Å². The normalized spacial score (nSPS) is 13.5. The minimum atomic E-state index is -0.283. The second-order valence-electron chi connectivity index (χ2n) is 3.76.